The SMILES string of the molecule is Cc1ccc(OCCCNC(=O)c2cccc(NS(C)(=O)=O)c2)c(CN2CCNCC2)c1C. The molecule has 8 nitrogen and oxygen atoms in total. The fourth-order valence-electron chi connectivity index (χ4n) is 3.77. The van der Waals surface area contributed by atoms with Crippen LogP contribution in [-0.4, -0.2) is 64.8 Å². The number of ether oxygens (including phenoxy) is 1. The van der Waals surface area contributed by atoms with E-state index in [1.54, 1.807) is 18.2 Å². The van der Waals surface area contributed by atoms with Crippen molar-refractivity contribution in [2.45, 2.75) is 26.8 Å². The number of amides is 1. The minimum absolute atomic E-state index is 0.252. The molecule has 1 fully saturated rings. The molecule has 9 heteroatoms. The zero-order chi connectivity index (χ0) is 23.8. The van der Waals surface area contributed by atoms with Crippen LogP contribution >= 0.6 is 0 Å². The lowest BCUT2D eigenvalue weighted by atomic mass is 10.0. The van der Waals surface area contributed by atoms with E-state index in [4.69, 9.17) is 4.74 Å². The maximum Gasteiger partial charge on any atom is 0.251 e. The summed E-state index contributed by atoms with van der Waals surface area (Å²) in [4.78, 5) is 14.9. The van der Waals surface area contributed by atoms with E-state index in [1.807, 2.05) is 6.07 Å². The van der Waals surface area contributed by atoms with Crippen LogP contribution in [0.2, 0.25) is 0 Å². The first-order valence-corrected chi connectivity index (χ1v) is 13.1. The molecule has 2 aromatic carbocycles. The summed E-state index contributed by atoms with van der Waals surface area (Å²) < 4.78 is 31.3. The van der Waals surface area contributed by atoms with E-state index >= 15 is 0 Å². The number of nitrogens with zero attached hydrogens (tertiary/aromatic N) is 1. The Hall–Kier alpha value is -2.62. The van der Waals surface area contributed by atoms with Crippen molar-refractivity contribution in [3.05, 3.63) is 58.7 Å². The van der Waals surface area contributed by atoms with Gasteiger partial charge < -0.3 is 15.4 Å². The lowest BCUT2D eigenvalue weighted by Crippen LogP contribution is -2.43. The third-order valence-electron chi connectivity index (χ3n) is 5.71. The van der Waals surface area contributed by atoms with Gasteiger partial charge in [0.15, 0.2) is 0 Å². The van der Waals surface area contributed by atoms with Gasteiger partial charge in [0.2, 0.25) is 10.0 Å². The van der Waals surface area contributed by atoms with Crippen LogP contribution in [0.25, 0.3) is 0 Å². The molecule has 0 spiro atoms. The smallest absolute Gasteiger partial charge is 0.251 e. The molecule has 0 radical (unpaired) electrons. The fourth-order valence-corrected chi connectivity index (χ4v) is 4.33. The summed E-state index contributed by atoms with van der Waals surface area (Å²) in [6.07, 6.45) is 1.73. The summed E-state index contributed by atoms with van der Waals surface area (Å²) in [5, 5.41) is 6.25. The van der Waals surface area contributed by atoms with Crippen LogP contribution < -0.4 is 20.1 Å². The van der Waals surface area contributed by atoms with Gasteiger partial charge in [-0.15, -0.1) is 0 Å². The molecule has 2 aromatic rings. The summed E-state index contributed by atoms with van der Waals surface area (Å²) in [6, 6.07) is 10.5. The van der Waals surface area contributed by atoms with E-state index in [2.05, 4.69) is 40.2 Å². The molecule has 0 saturated carbocycles. The second-order valence-electron chi connectivity index (χ2n) is 8.42. The van der Waals surface area contributed by atoms with Crippen molar-refractivity contribution in [1.29, 1.82) is 0 Å². The molecule has 1 aliphatic heterocycles. The highest BCUT2D eigenvalue weighted by atomic mass is 32.2. The monoisotopic (exact) mass is 474 g/mol. The molecular weight excluding hydrogens is 440 g/mol. The molecule has 180 valence electrons. The van der Waals surface area contributed by atoms with Crippen molar-refractivity contribution in [3.63, 3.8) is 0 Å². The number of piperazine rings is 1. The molecule has 3 rings (SSSR count). The molecular formula is C24H34N4O4S. The Kier molecular flexibility index (Phi) is 8.71. The van der Waals surface area contributed by atoms with Crippen LogP contribution in [0.4, 0.5) is 5.69 Å². The van der Waals surface area contributed by atoms with Gasteiger partial charge in [0.25, 0.3) is 5.91 Å². The van der Waals surface area contributed by atoms with Crippen molar-refractivity contribution in [2.24, 2.45) is 0 Å². The molecule has 1 heterocycles. The molecule has 0 aliphatic carbocycles. The summed E-state index contributed by atoms with van der Waals surface area (Å²) in [7, 11) is -3.39. The molecule has 3 N–H and O–H groups in total. The first-order valence-electron chi connectivity index (χ1n) is 11.2. The Bertz CT molecular complexity index is 1070. The Balaban J connectivity index is 1.50. The van der Waals surface area contributed by atoms with Crippen LogP contribution in [0.15, 0.2) is 36.4 Å². The van der Waals surface area contributed by atoms with Crippen LogP contribution in [0.5, 0.6) is 5.75 Å². The third kappa shape index (κ3) is 7.73. The van der Waals surface area contributed by atoms with E-state index in [0.717, 1.165) is 44.7 Å². The molecule has 1 amide bonds. The number of rotatable bonds is 10. The van der Waals surface area contributed by atoms with Crippen molar-refractivity contribution in [3.8, 4) is 5.75 Å². The number of carbonyl (C=O) groups is 1. The number of hydrogen-bond donors (Lipinski definition) is 3. The van der Waals surface area contributed by atoms with Gasteiger partial charge in [-0.25, -0.2) is 8.42 Å². The van der Waals surface area contributed by atoms with Crippen molar-refractivity contribution >= 4 is 21.6 Å². The van der Waals surface area contributed by atoms with Crippen LogP contribution in [0, 0.1) is 13.8 Å². The predicted octanol–water partition coefficient (Wildman–Crippen LogP) is 2.28. The van der Waals surface area contributed by atoms with Crippen molar-refractivity contribution < 1.29 is 17.9 Å². The minimum atomic E-state index is -3.39. The molecule has 33 heavy (non-hydrogen) atoms. The topological polar surface area (TPSA) is 99.8 Å². The Morgan fingerprint density at radius 3 is 2.64 bits per heavy atom. The minimum Gasteiger partial charge on any atom is -0.493 e. The summed E-state index contributed by atoms with van der Waals surface area (Å²) in [6.45, 7) is 10.2. The maximum absolute atomic E-state index is 12.4. The van der Waals surface area contributed by atoms with Gasteiger partial charge in [0, 0.05) is 56.1 Å². The standard InChI is InChI=1S/C24H34N4O4S/c1-18-8-9-23(22(19(18)2)17-28-13-11-25-12-14-28)32-15-5-10-26-24(29)20-6-4-7-21(16-20)27-33(3,30)31/h4,6-9,16,25,27H,5,10-15,17H2,1-3H3,(H,26,29). The predicted molar refractivity (Wildman–Crippen MR) is 131 cm³/mol. The Labute approximate surface area is 196 Å². The van der Waals surface area contributed by atoms with E-state index in [9.17, 15) is 13.2 Å². The number of aryl methyl sites for hydroxylation is 1. The second-order valence-corrected chi connectivity index (χ2v) is 10.2. The van der Waals surface area contributed by atoms with Crippen LogP contribution in [-0.2, 0) is 16.6 Å². The maximum atomic E-state index is 12.4. The van der Waals surface area contributed by atoms with Crippen LogP contribution in [0.1, 0.15) is 33.5 Å². The summed E-state index contributed by atoms with van der Waals surface area (Å²) in [5.74, 6) is 0.653. The Morgan fingerprint density at radius 2 is 1.91 bits per heavy atom. The largest absolute Gasteiger partial charge is 0.493 e. The summed E-state index contributed by atoms with van der Waals surface area (Å²) in [5.41, 5.74) is 4.52. The van der Waals surface area contributed by atoms with Crippen LogP contribution in [0.3, 0.4) is 0 Å². The highest BCUT2D eigenvalue weighted by molar-refractivity contribution is 7.92. The number of nitrogens with one attached hydrogen (secondary N) is 3. The summed E-state index contributed by atoms with van der Waals surface area (Å²) >= 11 is 0. The number of anilines is 1. The lowest BCUT2D eigenvalue weighted by Gasteiger charge is -2.29. The highest BCUT2D eigenvalue weighted by Gasteiger charge is 2.16. The first kappa shape index (κ1) is 25.0. The molecule has 1 saturated heterocycles. The van der Waals surface area contributed by atoms with Crippen molar-refractivity contribution in [2.75, 3.05) is 50.3 Å². The molecule has 0 unspecified atom stereocenters. The van der Waals surface area contributed by atoms with E-state index in [1.165, 1.54) is 22.8 Å². The van der Waals surface area contributed by atoms with Gasteiger partial charge in [-0.1, -0.05) is 12.1 Å². The molecule has 1 aliphatic rings. The van der Waals surface area contributed by atoms with Gasteiger partial charge >= 0.3 is 0 Å². The van der Waals surface area contributed by atoms with Gasteiger partial charge in [-0.2, -0.15) is 0 Å². The second kappa shape index (κ2) is 11.5. The zero-order valence-electron chi connectivity index (χ0n) is 19.6. The first-order chi connectivity index (χ1) is 15.7. The average molecular weight is 475 g/mol. The number of sulfonamides is 1. The molecule has 0 aromatic heterocycles. The number of benzene rings is 2. The van der Waals surface area contributed by atoms with E-state index in [-0.39, 0.29) is 5.91 Å². The number of carbonyl (C=O) groups excluding carboxylic acids is 1. The average Bonchev–Trinajstić information content (AvgIpc) is 2.77. The normalized spacial score (nSPS) is 14.6. The molecule has 0 bridgehead atoms. The zero-order valence-corrected chi connectivity index (χ0v) is 20.4. The van der Waals surface area contributed by atoms with E-state index in [0.29, 0.717) is 30.8 Å². The van der Waals surface area contributed by atoms with Gasteiger partial charge in [-0.3, -0.25) is 14.4 Å². The van der Waals surface area contributed by atoms with Gasteiger partial charge in [0.05, 0.1) is 12.9 Å². The van der Waals surface area contributed by atoms with E-state index < -0.39 is 10.0 Å². The Morgan fingerprint density at radius 1 is 1.15 bits per heavy atom. The third-order valence-corrected chi connectivity index (χ3v) is 6.32. The fraction of sp³-hybridized carbons (Fsp3) is 0.458. The molecule has 0 atom stereocenters. The quantitative estimate of drug-likeness (QED) is 0.457. The van der Waals surface area contributed by atoms with Crippen molar-refractivity contribution in [1.82, 2.24) is 15.5 Å². The highest BCUT2D eigenvalue weighted by Crippen LogP contribution is 2.27. The number of hydrogen-bond acceptors (Lipinski definition) is 6. The van der Waals surface area contributed by atoms with Gasteiger partial charge in [0.1, 0.15) is 5.75 Å². The van der Waals surface area contributed by atoms with Gasteiger partial charge in [-0.05, 0) is 55.7 Å². The lowest BCUT2D eigenvalue weighted by molar-refractivity contribution is 0.0951.